The smallest absolute Gasteiger partial charge is 0.342 e. The number of para-hydroxylation sites is 1. The summed E-state index contributed by atoms with van der Waals surface area (Å²) < 4.78 is 5.39. The minimum Gasteiger partial charge on any atom is -0.506 e. The molecule has 1 atom stereocenters. The number of carbonyl (C=O) groups excluding carboxylic acids is 2. The fraction of sp³-hybridized carbons (Fsp3) is 0.250. The van der Waals surface area contributed by atoms with Crippen LogP contribution in [0.25, 0.3) is 10.8 Å². The number of benzene rings is 3. The standard InChI is InChI=1S/C24H24N2O4/c1-17(23(28)26-15-13-25(14-16-26)19-8-3-2-4-9-19)30-24(29)21-12-11-18-7-5-6-10-20(18)22(21)27/h2-12,17,27H,13-16H2,1H3/t17-/m1/s1. The second-order valence-corrected chi connectivity index (χ2v) is 7.38. The van der Waals surface area contributed by atoms with E-state index in [1.54, 1.807) is 30.0 Å². The molecule has 30 heavy (non-hydrogen) atoms. The fourth-order valence-corrected chi connectivity index (χ4v) is 3.78. The van der Waals surface area contributed by atoms with Crippen LogP contribution in [-0.2, 0) is 9.53 Å². The summed E-state index contributed by atoms with van der Waals surface area (Å²) in [4.78, 5) is 29.3. The topological polar surface area (TPSA) is 70.1 Å². The van der Waals surface area contributed by atoms with Gasteiger partial charge in [-0.1, -0.05) is 48.5 Å². The third-order valence-electron chi connectivity index (χ3n) is 5.46. The van der Waals surface area contributed by atoms with Crippen LogP contribution in [0, 0.1) is 0 Å². The molecule has 0 bridgehead atoms. The van der Waals surface area contributed by atoms with E-state index in [4.69, 9.17) is 4.74 Å². The second kappa shape index (κ2) is 8.45. The number of hydrogen-bond donors (Lipinski definition) is 1. The average molecular weight is 404 g/mol. The van der Waals surface area contributed by atoms with Crippen molar-refractivity contribution >= 4 is 28.3 Å². The van der Waals surface area contributed by atoms with Gasteiger partial charge in [-0.05, 0) is 30.5 Å². The first-order valence-electron chi connectivity index (χ1n) is 10.0. The summed E-state index contributed by atoms with van der Waals surface area (Å²) in [5, 5.41) is 11.9. The predicted molar refractivity (Wildman–Crippen MR) is 116 cm³/mol. The van der Waals surface area contributed by atoms with E-state index < -0.39 is 12.1 Å². The molecule has 1 aliphatic heterocycles. The number of esters is 1. The number of nitrogens with zero attached hydrogens (tertiary/aromatic N) is 2. The maximum Gasteiger partial charge on any atom is 0.342 e. The van der Waals surface area contributed by atoms with E-state index in [9.17, 15) is 14.7 Å². The van der Waals surface area contributed by atoms with Crippen molar-refractivity contribution < 1.29 is 19.4 Å². The Hall–Kier alpha value is -3.54. The Labute approximate surface area is 175 Å². The summed E-state index contributed by atoms with van der Waals surface area (Å²) in [6.45, 7) is 4.15. The van der Waals surface area contributed by atoms with Crippen molar-refractivity contribution in [1.82, 2.24) is 4.90 Å². The summed E-state index contributed by atoms with van der Waals surface area (Å²) in [7, 11) is 0. The molecule has 0 unspecified atom stereocenters. The molecule has 0 saturated carbocycles. The average Bonchev–Trinajstić information content (AvgIpc) is 2.79. The first kappa shape index (κ1) is 19.8. The molecule has 0 aromatic heterocycles. The maximum atomic E-state index is 12.8. The van der Waals surface area contributed by atoms with Crippen molar-refractivity contribution in [3.05, 3.63) is 72.3 Å². The summed E-state index contributed by atoms with van der Waals surface area (Å²) in [6.07, 6.45) is -0.924. The van der Waals surface area contributed by atoms with Crippen LogP contribution in [0.2, 0.25) is 0 Å². The van der Waals surface area contributed by atoms with E-state index >= 15 is 0 Å². The quantitative estimate of drug-likeness (QED) is 0.675. The summed E-state index contributed by atoms with van der Waals surface area (Å²) in [5.74, 6) is -1.06. The van der Waals surface area contributed by atoms with Gasteiger partial charge < -0.3 is 19.6 Å². The minimum atomic E-state index is -0.924. The molecule has 1 aliphatic rings. The highest BCUT2D eigenvalue weighted by molar-refractivity contribution is 6.01. The Morgan fingerprint density at radius 2 is 1.57 bits per heavy atom. The fourth-order valence-electron chi connectivity index (χ4n) is 3.78. The highest BCUT2D eigenvalue weighted by atomic mass is 16.5. The number of amides is 1. The molecule has 4 rings (SSSR count). The number of phenols is 1. The molecule has 1 heterocycles. The van der Waals surface area contributed by atoms with Crippen LogP contribution in [0.4, 0.5) is 5.69 Å². The summed E-state index contributed by atoms with van der Waals surface area (Å²) >= 11 is 0. The van der Waals surface area contributed by atoms with E-state index in [-0.39, 0.29) is 17.2 Å². The lowest BCUT2D eigenvalue weighted by Gasteiger charge is -2.37. The molecule has 154 valence electrons. The Balaban J connectivity index is 1.38. The third-order valence-corrected chi connectivity index (χ3v) is 5.46. The largest absolute Gasteiger partial charge is 0.506 e. The molecular weight excluding hydrogens is 380 g/mol. The first-order valence-corrected chi connectivity index (χ1v) is 10.0. The molecule has 6 heteroatoms. The maximum absolute atomic E-state index is 12.8. The van der Waals surface area contributed by atoms with Crippen LogP contribution < -0.4 is 4.90 Å². The van der Waals surface area contributed by atoms with Crippen LogP contribution in [-0.4, -0.2) is 54.2 Å². The highest BCUT2D eigenvalue weighted by Gasteiger charge is 2.28. The third kappa shape index (κ3) is 3.94. The molecule has 1 amide bonds. The van der Waals surface area contributed by atoms with Gasteiger partial charge in [-0.2, -0.15) is 0 Å². The molecule has 3 aromatic carbocycles. The highest BCUT2D eigenvalue weighted by Crippen LogP contribution is 2.29. The molecule has 1 fully saturated rings. The number of aromatic hydroxyl groups is 1. The molecule has 0 radical (unpaired) electrons. The van der Waals surface area contributed by atoms with Crippen molar-refractivity contribution in [3.63, 3.8) is 0 Å². The van der Waals surface area contributed by atoms with Crippen molar-refractivity contribution in [3.8, 4) is 5.75 Å². The van der Waals surface area contributed by atoms with E-state index in [1.807, 2.05) is 30.3 Å². The summed E-state index contributed by atoms with van der Waals surface area (Å²) in [5.41, 5.74) is 1.19. The molecule has 1 N–H and O–H groups in total. The van der Waals surface area contributed by atoms with Crippen molar-refractivity contribution in [1.29, 1.82) is 0 Å². The Kier molecular flexibility index (Phi) is 5.57. The van der Waals surface area contributed by atoms with Crippen molar-refractivity contribution in [2.45, 2.75) is 13.0 Å². The predicted octanol–water partition coefficient (Wildman–Crippen LogP) is 3.44. The van der Waals surface area contributed by atoms with E-state index in [0.29, 0.717) is 18.5 Å². The molecular formula is C24H24N2O4. The number of fused-ring (bicyclic) bond motifs is 1. The molecule has 0 aliphatic carbocycles. The van der Waals surface area contributed by atoms with Crippen LogP contribution in [0.3, 0.4) is 0 Å². The van der Waals surface area contributed by atoms with Crippen molar-refractivity contribution in [2.24, 2.45) is 0 Å². The number of anilines is 1. The van der Waals surface area contributed by atoms with Gasteiger partial charge in [-0.25, -0.2) is 4.79 Å². The van der Waals surface area contributed by atoms with Gasteiger partial charge in [-0.15, -0.1) is 0 Å². The van der Waals surface area contributed by atoms with Gasteiger partial charge in [0.15, 0.2) is 6.10 Å². The second-order valence-electron chi connectivity index (χ2n) is 7.38. The van der Waals surface area contributed by atoms with Crippen LogP contribution in [0.1, 0.15) is 17.3 Å². The van der Waals surface area contributed by atoms with E-state index in [1.165, 1.54) is 6.07 Å². The number of rotatable bonds is 4. The Morgan fingerprint density at radius 3 is 2.30 bits per heavy atom. The van der Waals surface area contributed by atoms with Crippen molar-refractivity contribution in [2.75, 3.05) is 31.1 Å². The molecule has 6 nitrogen and oxygen atoms in total. The molecule has 3 aromatic rings. The van der Waals surface area contributed by atoms with Gasteiger partial charge in [0.25, 0.3) is 5.91 Å². The van der Waals surface area contributed by atoms with Gasteiger partial charge >= 0.3 is 5.97 Å². The van der Waals surface area contributed by atoms with Gasteiger partial charge in [0.2, 0.25) is 0 Å². The lowest BCUT2D eigenvalue weighted by atomic mass is 10.1. The first-order chi connectivity index (χ1) is 14.5. The lowest BCUT2D eigenvalue weighted by Crippen LogP contribution is -2.51. The number of phenolic OH excluding ortho intramolecular Hbond substituents is 1. The summed E-state index contributed by atoms with van der Waals surface area (Å²) in [6, 6.07) is 20.6. The Morgan fingerprint density at radius 1 is 0.900 bits per heavy atom. The van der Waals surface area contributed by atoms with Gasteiger partial charge in [-0.3, -0.25) is 4.79 Å². The van der Waals surface area contributed by atoms with Gasteiger partial charge in [0, 0.05) is 37.3 Å². The van der Waals surface area contributed by atoms with Gasteiger partial charge in [0.1, 0.15) is 11.3 Å². The number of hydrogen-bond acceptors (Lipinski definition) is 5. The zero-order chi connectivity index (χ0) is 21.1. The van der Waals surface area contributed by atoms with Crippen LogP contribution >= 0.6 is 0 Å². The zero-order valence-corrected chi connectivity index (χ0v) is 16.8. The minimum absolute atomic E-state index is 0.0576. The van der Waals surface area contributed by atoms with Crippen LogP contribution in [0.15, 0.2) is 66.7 Å². The monoisotopic (exact) mass is 404 g/mol. The normalized spacial score (nSPS) is 15.1. The number of piperazine rings is 1. The zero-order valence-electron chi connectivity index (χ0n) is 16.8. The number of carbonyl (C=O) groups is 2. The Bertz CT molecular complexity index is 1060. The van der Waals surface area contributed by atoms with Crippen LogP contribution in [0.5, 0.6) is 5.75 Å². The molecule has 0 spiro atoms. The van der Waals surface area contributed by atoms with E-state index in [0.717, 1.165) is 24.2 Å². The lowest BCUT2D eigenvalue weighted by molar-refractivity contribution is -0.140. The van der Waals surface area contributed by atoms with Gasteiger partial charge in [0.05, 0.1) is 0 Å². The van der Waals surface area contributed by atoms with E-state index in [2.05, 4.69) is 17.0 Å². The SMILES string of the molecule is C[C@@H](OC(=O)c1ccc2ccccc2c1O)C(=O)N1CCN(c2ccccc2)CC1. The molecule has 1 saturated heterocycles. The number of ether oxygens (including phenoxy) is 1.